The molecular formula is C18H29N3O2. The van der Waals surface area contributed by atoms with Gasteiger partial charge in [0.1, 0.15) is 5.60 Å². The molecule has 128 valence electrons. The molecule has 1 aliphatic carbocycles. The molecule has 0 bridgehead atoms. The van der Waals surface area contributed by atoms with Crippen LogP contribution in [0.1, 0.15) is 45.6 Å². The number of alkyl carbamates (subject to hydrolysis) is 1. The molecule has 1 saturated carbocycles. The zero-order valence-corrected chi connectivity index (χ0v) is 14.4. The number of anilines is 1. The van der Waals surface area contributed by atoms with Gasteiger partial charge < -0.3 is 21.1 Å². The number of ether oxygens (including phenoxy) is 1. The smallest absolute Gasteiger partial charge is 0.407 e. The molecule has 23 heavy (non-hydrogen) atoms. The molecule has 5 heteroatoms. The molecule has 0 aliphatic heterocycles. The van der Waals surface area contributed by atoms with E-state index in [0.29, 0.717) is 18.5 Å². The van der Waals surface area contributed by atoms with E-state index in [4.69, 9.17) is 10.5 Å². The fourth-order valence-electron chi connectivity index (χ4n) is 2.98. The lowest BCUT2D eigenvalue weighted by molar-refractivity contribution is 0.0523. The Balaban J connectivity index is 1.88. The number of benzene rings is 1. The highest BCUT2D eigenvalue weighted by molar-refractivity contribution is 5.67. The summed E-state index contributed by atoms with van der Waals surface area (Å²) >= 11 is 0. The average Bonchev–Trinajstić information content (AvgIpc) is 2.91. The summed E-state index contributed by atoms with van der Waals surface area (Å²) < 4.78 is 5.25. The predicted molar refractivity (Wildman–Crippen MR) is 93.3 cm³/mol. The summed E-state index contributed by atoms with van der Waals surface area (Å²) in [6.07, 6.45) is 3.21. The van der Waals surface area contributed by atoms with E-state index in [1.165, 1.54) is 19.3 Å². The number of nitrogens with two attached hydrogens (primary N) is 1. The Morgan fingerprint density at radius 3 is 2.83 bits per heavy atom. The molecule has 2 rings (SSSR count). The van der Waals surface area contributed by atoms with E-state index in [1.54, 1.807) is 0 Å². The van der Waals surface area contributed by atoms with Crippen LogP contribution in [0.15, 0.2) is 24.3 Å². The highest BCUT2D eigenvalue weighted by Crippen LogP contribution is 2.28. The van der Waals surface area contributed by atoms with Gasteiger partial charge in [0.05, 0.1) is 0 Å². The van der Waals surface area contributed by atoms with Crippen molar-refractivity contribution in [3.8, 4) is 0 Å². The monoisotopic (exact) mass is 319 g/mol. The molecule has 0 aromatic heterocycles. The Morgan fingerprint density at radius 1 is 1.35 bits per heavy atom. The Hall–Kier alpha value is -1.75. The van der Waals surface area contributed by atoms with Crippen molar-refractivity contribution in [2.24, 2.45) is 11.7 Å². The second kappa shape index (κ2) is 7.68. The van der Waals surface area contributed by atoms with Gasteiger partial charge in [0, 0.05) is 18.3 Å². The molecule has 0 heterocycles. The van der Waals surface area contributed by atoms with Gasteiger partial charge in [0.25, 0.3) is 0 Å². The Morgan fingerprint density at radius 2 is 2.13 bits per heavy atom. The number of hydrogen-bond acceptors (Lipinski definition) is 4. The van der Waals surface area contributed by atoms with Crippen molar-refractivity contribution >= 4 is 11.8 Å². The van der Waals surface area contributed by atoms with Crippen LogP contribution in [-0.2, 0) is 11.3 Å². The summed E-state index contributed by atoms with van der Waals surface area (Å²) in [6.45, 7) is 6.75. The summed E-state index contributed by atoms with van der Waals surface area (Å²) in [5.41, 5.74) is 7.49. The van der Waals surface area contributed by atoms with Crippen LogP contribution in [0.3, 0.4) is 0 Å². The first kappa shape index (κ1) is 17.6. The van der Waals surface area contributed by atoms with Crippen molar-refractivity contribution in [1.82, 2.24) is 5.32 Å². The summed E-state index contributed by atoms with van der Waals surface area (Å²) in [5, 5.41) is 6.37. The minimum atomic E-state index is -0.479. The van der Waals surface area contributed by atoms with E-state index >= 15 is 0 Å². The Labute approximate surface area is 139 Å². The molecule has 1 aromatic rings. The largest absolute Gasteiger partial charge is 0.444 e. The van der Waals surface area contributed by atoms with Crippen molar-refractivity contribution in [2.75, 3.05) is 11.9 Å². The Bertz CT molecular complexity index is 525. The lowest BCUT2D eigenvalue weighted by Gasteiger charge is -2.21. The third-order valence-corrected chi connectivity index (χ3v) is 4.08. The van der Waals surface area contributed by atoms with Gasteiger partial charge >= 0.3 is 6.09 Å². The lowest BCUT2D eigenvalue weighted by atomic mass is 10.0. The number of nitrogens with one attached hydrogen (secondary N) is 2. The SMILES string of the molecule is CC(C)(C)OC(=O)NCc1cccc(NC2CCCC2CN)c1. The predicted octanol–water partition coefficient (Wildman–Crippen LogP) is 3.25. The van der Waals surface area contributed by atoms with Crippen molar-refractivity contribution in [2.45, 2.75) is 58.2 Å². The minimum absolute atomic E-state index is 0.394. The molecule has 1 aliphatic rings. The number of hydrogen-bond donors (Lipinski definition) is 3. The first-order chi connectivity index (χ1) is 10.9. The van der Waals surface area contributed by atoms with Crippen LogP contribution in [0.4, 0.5) is 10.5 Å². The van der Waals surface area contributed by atoms with Crippen molar-refractivity contribution in [3.05, 3.63) is 29.8 Å². The summed E-state index contributed by atoms with van der Waals surface area (Å²) in [7, 11) is 0. The first-order valence-electron chi connectivity index (χ1n) is 8.40. The van der Waals surface area contributed by atoms with Crippen molar-refractivity contribution in [3.63, 3.8) is 0 Å². The van der Waals surface area contributed by atoms with Crippen LogP contribution in [0.2, 0.25) is 0 Å². The molecular weight excluding hydrogens is 290 g/mol. The van der Waals surface area contributed by atoms with Gasteiger partial charge in [0.2, 0.25) is 0 Å². The van der Waals surface area contributed by atoms with Crippen LogP contribution in [-0.4, -0.2) is 24.3 Å². The van der Waals surface area contributed by atoms with E-state index < -0.39 is 11.7 Å². The second-order valence-electron chi connectivity index (χ2n) is 7.23. The van der Waals surface area contributed by atoms with Gasteiger partial charge in [-0.1, -0.05) is 18.6 Å². The highest BCUT2D eigenvalue weighted by Gasteiger charge is 2.25. The maximum atomic E-state index is 11.7. The number of rotatable bonds is 5. The molecule has 0 radical (unpaired) electrons. The summed E-state index contributed by atoms with van der Waals surface area (Å²) in [5.74, 6) is 0.554. The van der Waals surface area contributed by atoms with Crippen molar-refractivity contribution in [1.29, 1.82) is 0 Å². The van der Waals surface area contributed by atoms with Crippen LogP contribution < -0.4 is 16.4 Å². The summed E-state index contributed by atoms with van der Waals surface area (Å²) in [4.78, 5) is 11.7. The number of amides is 1. The van der Waals surface area contributed by atoms with Gasteiger partial charge in [-0.25, -0.2) is 4.79 Å². The fourth-order valence-corrected chi connectivity index (χ4v) is 2.98. The van der Waals surface area contributed by atoms with Gasteiger partial charge in [-0.15, -0.1) is 0 Å². The van der Waals surface area contributed by atoms with E-state index in [2.05, 4.69) is 22.8 Å². The van der Waals surface area contributed by atoms with E-state index in [1.807, 2.05) is 32.9 Å². The third-order valence-electron chi connectivity index (χ3n) is 4.08. The molecule has 0 spiro atoms. The quantitative estimate of drug-likeness (QED) is 0.778. The summed E-state index contributed by atoms with van der Waals surface area (Å²) in [6, 6.07) is 8.58. The Kier molecular flexibility index (Phi) is 5.88. The van der Waals surface area contributed by atoms with Gasteiger partial charge in [-0.2, -0.15) is 0 Å². The molecule has 5 nitrogen and oxygen atoms in total. The van der Waals surface area contributed by atoms with Crippen LogP contribution in [0.25, 0.3) is 0 Å². The second-order valence-corrected chi connectivity index (χ2v) is 7.23. The zero-order chi connectivity index (χ0) is 16.9. The standard InChI is InChI=1S/C18H29N3O2/c1-18(2,3)23-17(22)20-12-13-6-4-8-15(10-13)21-16-9-5-7-14(16)11-19/h4,6,8,10,14,16,21H,5,7,9,11-12,19H2,1-3H3,(H,20,22). The van der Waals surface area contributed by atoms with E-state index in [0.717, 1.165) is 17.8 Å². The third kappa shape index (κ3) is 5.75. The molecule has 2 atom stereocenters. The first-order valence-corrected chi connectivity index (χ1v) is 8.40. The maximum Gasteiger partial charge on any atom is 0.407 e. The van der Waals surface area contributed by atoms with Gasteiger partial charge in [-0.05, 0) is 63.8 Å². The van der Waals surface area contributed by atoms with E-state index in [9.17, 15) is 4.79 Å². The topological polar surface area (TPSA) is 76.4 Å². The normalized spacial score (nSPS) is 21.0. The molecule has 1 aromatic carbocycles. The van der Waals surface area contributed by atoms with Crippen LogP contribution in [0, 0.1) is 5.92 Å². The van der Waals surface area contributed by atoms with Gasteiger partial charge in [-0.3, -0.25) is 0 Å². The fraction of sp³-hybridized carbons (Fsp3) is 0.611. The maximum absolute atomic E-state index is 11.7. The number of carbonyl (C=O) groups is 1. The van der Waals surface area contributed by atoms with Crippen LogP contribution in [0.5, 0.6) is 0 Å². The van der Waals surface area contributed by atoms with Gasteiger partial charge in [0.15, 0.2) is 0 Å². The lowest BCUT2D eigenvalue weighted by Crippen LogP contribution is -2.32. The van der Waals surface area contributed by atoms with Crippen molar-refractivity contribution < 1.29 is 9.53 Å². The zero-order valence-electron chi connectivity index (χ0n) is 14.4. The molecule has 4 N–H and O–H groups in total. The average molecular weight is 319 g/mol. The number of carbonyl (C=O) groups excluding carboxylic acids is 1. The molecule has 1 amide bonds. The minimum Gasteiger partial charge on any atom is -0.444 e. The van der Waals surface area contributed by atoms with E-state index in [-0.39, 0.29) is 0 Å². The molecule has 2 unspecified atom stereocenters. The molecule has 0 saturated heterocycles. The highest BCUT2D eigenvalue weighted by atomic mass is 16.6. The molecule has 1 fully saturated rings. The van der Waals surface area contributed by atoms with Crippen LogP contribution >= 0.6 is 0 Å².